The summed E-state index contributed by atoms with van der Waals surface area (Å²) in [5, 5.41) is 4.80. The second-order valence-electron chi connectivity index (χ2n) is 8.19. The van der Waals surface area contributed by atoms with Crippen molar-refractivity contribution in [3.63, 3.8) is 0 Å². The third kappa shape index (κ3) is 3.82. The van der Waals surface area contributed by atoms with Crippen molar-refractivity contribution in [2.75, 3.05) is 6.54 Å². The molecular weight excluding hydrogens is 430 g/mol. The molecule has 0 saturated carbocycles. The lowest BCUT2D eigenvalue weighted by Gasteiger charge is -2.27. The molecule has 1 aromatic carbocycles. The van der Waals surface area contributed by atoms with E-state index in [1.165, 1.54) is 6.33 Å². The van der Waals surface area contributed by atoms with Crippen LogP contribution in [0.2, 0.25) is 0 Å². The van der Waals surface area contributed by atoms with E-state index in [1.807, 2.05) is 53.3 Å². The zero-order valence-corrected chi connectivity index (χ0v) is 18.3. The van der Waals surface area contributed by atoms with E-state index in [-0.39, 0.29) is 5.56 Å². The van der Waals surface area contributed by atoms with Crippen molar-refractivity contribution in [2.45, 2.75) is 19.5 Å². The summed E-state index contributed by atoms with van der Waals surface area (Å²) in [6.07, 6.45) is 9.11. The number of nitrogens with zero attached hydrogens (tertiary/aromatic N) is 6. The molecule has 0 aliphatic carbocycles. The maximum absolute atomic E-state index is 12.9. The molecule has 9 heteroatoms. The van der Waals surface area contributed by atoms with Crippen LogP contribution < -0.4 is 5.56 Å². The molecule has 4 aromatic heterocycles. The first kappa shape index (κ1) is 20.3. The molecule has 1 aliphatic heterocycles. The SMILES string of the molecule is O=c1[nH]c(-c2cncnc2)nc2c1CN(Cc1cn(-c3ccccc3)nc1-c1ccco1)CC2. The van der Waals surface area contributed by atoms with Crippen molar-refractivity contribution < 1.29 is 4.42 Å². The molecule has 5 heterocycles. The van der Waals surface area contributed by atoms with E-state index in [9.17, 15) is 4.79 Å². The van der Waals surface area contributed by atoms with Crippen LogP contribution in [0.15, 0.2) is 82.9 Å². The number of furan rings is 1. The van der Waals surface area contributed by atoms with Crippen LogP contribution in [0.25, 0.3) is 28.5 Å². The minimum absolute atomic E-state index is 0.125. The Morgan fingerprint density at radius 3 is 2.71 bits per heavy atom. The van der Waals surface area contributed by atoms with Crippen LogP contribution in [0.5, 0.6) is 0 Å². The molecule has 34 heavy (non-hydrogen) atoms. The van der Waals surface area contributed by atoms with E-state index in [0.29, 0.717) is 36.5 Å². The molecule has 0 atom stereocenters. The lowest BCUT2D eigenvalue weighted by Crippen LogP contribution is -2.35. The molecular formula is C25H21N7O2. The molecule has 1 N–H and O–H groups in total. The number of rotatable bonds is 5. The Labute approximate surface area is 194 Å². The standard InChI is InChI=1S/C25H21N7O2/c33-25-20-15-31(9-8-21(20)28-24(29-25)17-11-26-16-27-12-17)13-18-14-32(19-5-2-1-3-6-19)30-23(18)22-7-4-10-34-22/h1-7,10-12,14,16H,8-9,13,15H2,(H,28,29,33). The fourth-order valence-corrected chi connectivity index (χ4v) is 4.27. The maximum Gasteiger partial charge on any atom is 0.255 e. The zero-order valence-electron chi connectivity index (χ0n) is 18.3. The summed E-state index contributed by atoms with van der Waals surface area (Å²) in [6.45, 7) is 1.93. The van der Waals surface area contributed by atoms with Crippen molar-refractivity contribution in [1.29, 1.82) is 0 Å². The predicted molar refractivity (Wildman–Crippen MR) is 125 cm³/mol. The van der Waals surface area contributed by atoms with Gasteiger partial charge < -0.3 is 9.40 Å². The monoisotopic (exact) mass is 451 g/mol. The van der Waals surface area contributed by atoms with Gasteiger partial charge in [-0.15, -0.1) is 0 Å². The first-order chi connectivity index (χ1) is 16.7. The van der Waals surface area contributed by atoms with Gasteiger partial charge in [0, 0.05) is 50.2 Å². The van der Waals surface area contributed by atoms with Crippen molar-refractivity contribution in [1.82, 2.24) is 34.6 Å². The topological polar surface area (TPSA) is 106 Å². The molecule has 9 nitrogen and oxygen atoms in total. The van der Waals surface area contributed by atoms with Crippen molar-refractivity contribution >= 4 is 0 Å². The van der Waals surface area contributed by atoms with Gasteiger partial charge in [0.05, 0.1) is 28.8 Å². The van der Waals surface area contributed by atoms with Gasteiger partial charge >= 0.3 is 0 Å². The second-order valence-corrected chi connectivity index (χ2v) is 8.19. The predicted octanol–water partition coefficient (Wildman–Crippen LogP) is 3.23. The van der Waals surface area contributed by atoms with Gasteiger partial charge in [0.1, 0.15) is 17.8 Å². The fraction of sp³-hybridized carbons (Fsp3) is 0.160. The molecule has 0 saturated heterocycles. The number of H-pyrrole nitrogens is 1. The van der Waals surface area contributed by atoms with E-state index < -0.39 is 0 Å². The van der Waals surface area contributed by atoms with Crippen molar-refractivity contribution in [3.8, 4) is 28.5 Å². The van der Waals surface area contributed by atoms with Crippen LogP contribution in [0, 0.1) is 0 Å². The molecule has 0 bridgehead atoms. The molecule has 0 spiro atoms. The fourth-order valence-electron chi connectivity index (χ4n) is 4.27. The Hall–Kier alpha value is -4.37. The van der Waals surface area contributed by atoms with Gasteiger partial charge in [-0.1, -0.05) is 18.2 Å². The van der Waals surface area contributed by atoms with Crippen molar-refractivity contribution in [3.05, 3.63) is 101 Å². The molecule has 1 aliphatic rings. The Bertz CT molecular complexity index is 1480. The molecule has 168 valence electrons. The van der Waals surface area contributed by atoms with Crippen LogP contribution in [0.4, 0.5) is 0 Å². The minimum Gasteiger partial charge on any atom is -0.463 e. The highest BCUT2D eigenvalue weighted by molar-refractivity contribution is 5.57. The Balaban J connectivity index is 1.30. The van der Waals surface area contributed by atoms with Gasteiger partial charge in [-0.2, -0.15) is 5.10 Å². The Morgan fingerprint density at radius 2 is 1.91 bits per heavy atom. The number of hydrogen-bond donors (Lipinski definition) is 1. The molecule has 0 unspecified atom stereocenters. The van der Waals surface area contributed by atoms with Crippen LogP contribution in [-0.4, -0.2) is 41.2 Å². The highest BCUT2D eigenvalue weighted by atomic mass is 16.3. The van der Waals surface area contributed by atoms with Gasteiger partial charge in [-0.25, -0.2) is 19.6 Å². The summed E-state index contributed by atoms with van der Waals surface area (Å²) >= 11 is 0. The summed E-state index contributed by atoms with van der Waals surface area (Å²) < 4.78 is 7.53. The maximum atomic E-state index is 12.9. The Kier molecular flexibility index (Phi) is 5.08. The number of benzene rings is 1. The lowest BCUT2D eigenvalue weighted by molar-refractivity contribution is 0.242. The number of para-hydroxylation sites is 1. The average Bonchev–Trinajstić information content (AvgIpc) is 3.56. The summed E-state index contributed by atoms with van der Waals surface area (Å²) in [5.41, 5.74) is 4.90. The molecule has 0 amide bonds. The second kappa shape index (κ2) is 8.53. The van der Waals surface area contributed by atoms with E-state index in [0.717, 1.165) is 34.9 Å². The smallest absolute Gasteiger partial charge is 0.255 e. The Morgan fingerprint density at radius 1 is 1.06 bits per heavy atom. The van der Waals surface area contributed by atoms with Crippen LogP contribution >= 0.6 is 0 Å². The van der Waals surface area contributed by atoms with E-state index in [1.54, 1.807) is 18.7 Å². The average molecular weight is 451 g/mol. The van der Waals surface area contributed by atoms with Gasteiger partial charge in [-0.05, 0) is 24.3 Å². The van der Waals surface area contributed by atoms with Gasteiger partial charge in [-0.3, -0.25) is 9.69 Å². The van der Waals surface area contributed by atoms with E-state index in [4.69, 9.17) is 14.5 Å². The van der Waals surface area contributed by atoms with Crippen molar-refractivity contribution in [2.24, 2.45) is 0 Å². The summed E-state index contributed by atoms with van der Waals surface area (Å²) in [7, 11) is 0. The summed E-state index contributed by atoms with van der Waals surface area (Å²) in [5.74, 6) is 1.22. The van der Waals surface area contributed by atoms with E-state index >= 15 is 0 Å². The molecule has 0 fully saturated rings. The molecule has 5 aromatic rings. The van der Waals surface area contributed by atoms with Gasteiger partial charge in [0.15, 0.2) is 5.76 Å². The number of aromatic nitrogens is 6. The van der Waals surface area contributed by atoms with Crippen LogP contribution in [-0.2, 0) is 19.5 Å². The normalized spacial score (nSPS) is 13.6. The van der Waals surface area contributed by atoms with Gasteiger partial charge in [0.2, 0.25) is 0 Å². The van der Waals surface area contributed by atoms with Crippen LogP contribution in [0.3, 0.4) is 0 Å². The first-order valence-electron chi connectivity index (χ1n) is 11.0. The number of hydrogen-bond acceptors (Lipinski definition) is 7. The van der Waals surface area contributed by atoms with Gasteiger partial charge in [0.25, 0.3) is 5.56 Å². The largest absolute Gasteiger partial charge is 0.463 e. The quantitative estimate of drug-likeness (QED) is 0.437. The van der Waals surface area contributed by atoms with E-state index in [2.05, 4.69) is 19.9 Å². The third-order valence-electron chi connectivity index (χ3n) is 5.94. The summed E-state index contributed by atoms with van der Waals surface area (Å²) in [6, 6.07) is 13.8. The number of aromatic amines is 1. The zero-order chi connectivity index (χ0) is 22.9. The van der Waals surface area contributed by atoms with Crippen LogP contribution in [0.1, 0.15) is 16.8 Å². The highest BCUT2D eigenvalue weighted by Gasteiger charge is 2.24. The number of fused-ring (bicyclic) bond motifs is 1. The third-order valence-corrected chi connectivity index (χ3v) is 5.94. The number of nitrogens with one attached hydrogen (secondary N) is 1. The molecule has 6 rings (SSSR count). The summed E-state index contributed by atoms with van der Waals surface area (Å²) in [4.78, 5) is 30.8. The first-order valence-corrected chi connectivity index (χ1v) is 11.0. The molecule has 0 radical (unpaired) electrons. The highest BCUT2D eigenvalue weighted by Crippen LogP contribution is 2.27. The minimum atomic E-state index is -0.125. The lowest BCUT2D eigenvalue weighted by atomic mass is 10.1.